The van der Waals surface area contributed by atoms with Gasteiger partial charge in [-0.3, -0.25) is 4.79 Å². The largest absolute Gasteiger partial charge is 0.342 e. The average molecular weight is 327 g/mol. The third-order valence-electron chi connectivity index (χ3n) is 5.35. The molecule has 120 valence electrons. The van der Waals surface area contributed by atoms with Gasteiger partial charge in [-0.2, -0.15) is 0 Å². The minimum Gasteiger partial charge on any atom is -0.342 e. The van der Waals surface area contributed by atoms with E-state index in [1.54, 1.807) is 5.51 Å². The molecule has 0 bridgehead atoms. The Hall–Kier alpha value is -1.75. The lowest BCUT2D eigenvalue weighted by atomic mass is 9.69. The maximum atomic E-state index is 12.6. The molecule has 1 aromatic carbocycles. The fourth-order valence-corrected chi connectivity index (χ4v) is 4.72. The zero-order valence-corrected chi connectivity index (χ0v) is 14.0. The topological polar surface area (TPSA) is 46.1 Å². The number of amides is 1. The van der Waals surface area contributed by atoms with E-state index in [1.165, 1.54) is 41.7 Å². The minimum absolute atomic E-state index is 0.202. The highest BCUT2D eigenvalue weighted by Gasteiger charge is 2.43. The van der Waals surface area contributed by atoms with Gasteiger partial charge in [-0.25, -0.2) is 0 Å². The SMILES string of the molecule is O=C(CCc1nncs1)N1CCC2(CCCc3ccccc32)C1. The highest BCUT2D eigenvalue weighted by Crippen LogP contribution is 2.44. The molecule has 1 spiro atoms. The first-order valence-electron chi connectivity index (χ1n) is 8.38. The van der Waals surface area contributed by atoms with Crippen molar-refractivity contribution in [2.75, 3.05) is 13.1 Å². The number of rotatable bonds is 3. The Kier molecular flexibility index (Phi) is 3.89. The fourth-order valence-electron chi connectivity index (χ4n) is 4.19. The number of hydrogen-bond donors (Lipinski definition) is 0. The summed E-state index contributed by atoms with van der Waals surface area (Å²) in [5.74, 6) is 0.264. The monoisotopic (exact) mass is 327 g/mol. The van der Waals surface area contributed by atoms with Crippen molar-refractivity contribution in [3.63, 3.8) is 0 Å². The number of hydrogen-bond acceptors (Lipinski definition) is 4. The Bertz CT molecular complexity index is 700. The number of benzene rings is 1. The van der Waals surface area contributed by atoms with Gasteiger partial charge < -0.3 is 4.90 Å². The van der Waals surface area contributed by atoms with Crippen LogP contribution in [-0.2, 0) is 23.1 Å². The van der Waals surface area contributed by atoms with Gasteiger partial charge in [0.2, 0.25) is 5.91 Å². The summed E-state index contributed by atoms with van der Waals surface area (Å²) in [5, 5.41) is 8.81. The van der Waals surface area contributed by atoms with E-state index in [0.29, 0.717) is 12.8 Å². The van der Waals surface area contributed by atoms with Crippen molar-refractivity contribution < 1.29 is 4.79 Å². The van der Waals surface area contributed by atoms with Crippen LogP contribution in [0, 0.1) is 0 Å². The Morgan fingerprint density at radius 2 is 2.22 bits per heavy atom. The lowest BCUT2D eigenvalue weighted by Gasteiger charge is -2.35. The summed E-state index contributed by atoms with van der Waals surface area (Å²) in [5.41, 5.74) is 4.91. The van der Waals surface area contributed by atoms with Crippen LogP contribution in [-0.4, -0.2) is 34.1 Å². The summed E-state index contributed by atoms with van der Waals surface area (Å²) in [6.07, 6.45) is 6.00. The molecule has 2 heterocycles. The molecule has 1 aliphatic carbocycles. The van der Waals surface area contributed by atoms with Crippen molar-refractivity contribution in [1.82, 2.24) is 15.1 Å². The van der Waals surface area contributed by atoms with Crippen LogP contribution in [0.15, 0.2) is 29.8 Å². The van der Waals surface area contributed by atoms with E-state index in [1.807, 2.05) is 0 Å². The van der Waals surface area contributed by atoms with Gasteiger partial charge in [-0.15, -0.1) is 21.5 Å². The maximum Gasteiger partial charge on any atom is 0.223 e. The molecule has 4 nitrogen and oxygen atoms in total. The van der Waals surface area contributed by atoms with E-state index in [9.17, 15) is 4.79 Å². The van der Waals surface area contributed by atoms with Crippen LogP contribution in [0.5, 0.6) is 0 Å². The van der Waals surface area contributed by atoms with E-state index >= 15 is 0 Å². The van der Waals surface area contributed by atoms with E-state index in [-0.39, 0.29) is 11.3 Å². The molecule has 1 aromatic heterocycles. The molecule has 4 rings (SSSR count). The standard InChI is InChI=1S/C18H21N3OS/c22-17(8-7-16-20-19-13-23-16)21-11-10-18(12-21)9-3-5-14-4-1-2-6-15(14)18/h1-2,4,6,13H,3,5,7-12H2. The fraction of sp³-hybridized carbons (Fsp3) is 0.500. The van der Waals surface area contributed by atoms with Crippen LogP contribution >= 0.6 is 11.3 Å². The van der Waals surface area contributed by atoms with Crippen LogP contribution in [0.1, 0.15) is 41.8 Å². The predicted octanol–water partition coefficient (Wildman–Crippen LogP) is 2.98. The third kappa shape index (κ3) is 2.78. The van der Waals surface area contributed by atoms with Gasteiger partial charge in [0.25, 0.3) is 0 Å². The molecule has 1 unspecified atom stereocenters. The average Bonchev–Trinajstić information content (AvgIpc) is 3.24. The molecule has 2 aromatic rings. The van der Waals surface area contributed by atoms with Gasteiger partial charge in [0.05, 0.1) is 0 Å². The molecule has 1 aliphatic heterocycles. The molecule has 0 radical (unpaired) electrons. The van der Waals surface area contributed by atoms with Gasteiger partial charge in [-0.1, -0.05) is 24.3 Å². The van der Waals surface area contributed by atoms with E-state index < -0.39 is 0 Å². The maximum absolute atomic E-state index is 12.6. The molecular weight excluding hydrogens is 306 g/mol. The molecule has 1 fully saturated rings. The van der Waals surface area contributed by atoms with Gasteiger partial charge in [0, 0.05) is 31.3 Å². The van der Waals surface area contributed by atoms with Crippen LogP contribution in [0.3, 0.4) is 0 Å². The molecule has 1 saturated heterocycles. The molecule has 5 heteroatoms. The molecular formula is C18H21N3OS. The quantitative estimate of drug-likeness (QED) is 0.871. The highest BCUT2D eigenvalue weighted by molar-refractivity contribution is 7.09. The van der Waals surface area contributed by atoms with Gasteiger partial charge in [-0.05, 0) is 36.8 Å². The summed E-state index contributed by atoms with van der Waals surface area (Å²) >= 11 is 1.53. The smallest absolute Gasteiger partial charge is 0.223 e. The van der Waals surface area contributed by atoms with Crippen molar-refractivity contribution in [2.24, 2.45) is 0 Å². The molecule has 2 aliphatic rings. The number of likely N-dealkylation sites (tertiary alicyclic amines) is 1. The van der Waals surface area contributed by atoms with Crippen molar-refractivity contribution in [1.29, 1.82) is 0 Å². The van der Waals surface area contributed by atoms with E-state index in [2.05, 4.69) is 39.4 Å². The second-order valence-electron chi connectivity index (χ2n) is 6.69. The molecule has 1 amide bonds. The first-order chi connectivity index (χ1) is 11.3. The normalized spacial score (nSPS) is 23.2. The molecule has 1 atom stereocenters. The van der Waals surface area contributed by atoms with Crippen LogP contribution < -0.4 is 0 Å². The van der Waals surface area contributed by atoms with Crippen LogP contribution in [0.2, 0.25) is 0 Å². The van der Waals surface area contributed by atoms with Gasteiger partial charge >= 0.3 is 0 Å². The number of aromatic nitrogens is 2. The zero-order chi connectivity index (χ0) is 15.7. The lowest BCUT2D eigenvalue weighted by molar-refractivity contribution is -0.130. The van der Waals surface area contributed by atoms with Crippen molar-refractivity contribution >= 4 is 17.2 Å². The van der Waals surface area contributed by atoms with E-state index in [0.717, 1.165) is 24.5 Å². The Balaban J connectivity index is 1.46. The first-order valence-corrected chi connectivity index (χ1v) is 9.26. The second kappa shape index (κ2) is 6.04. The summed E-state index contributed by atoms with van der Waals surface area (Å²) in [6.45, 7) is 1.78. The van der Waals surface area contributed by atoms with Gasteiger partial charge in [0.15, 0.2) is 0 Å². The number of fused-ring (bicyclic) bond motifs is 2. The Morgan fingerprint density at radius 3 is 3.09 bits per heavy atom. The molecule has 0 saturated carbocycles. The van der Waals surface area contributed by atoms with Gasteiger partial charge in [0.1, 0.15) is 10.5 Å². The van der Waals surface area contributed by atoms with Crippen LogP contribution in [0.4, 0.5) is 0 Å². The molecule has 0 N–H and O–H groups in total. The van der Waals surface area contributed by atoms with Crippen molar-refractivity contribution in [3.8, 4) is 0 Å². The number of carbonyl (C=O) groups is 1. The minimum atomic E-state index is 0.202. The summed E-state index contributed by atoms with van der Waals surface area (Å²) in [6, 6.07) is 8.82. The number of carbonyl (C=O) groups excluding carboxylic acids is 1. The Morgan fingerprint density at radius 1 is 1.30 bits per heavy atom. The lowest BCUT2D eigenvalue weighted by Crippen LogP contribution is -2.36. The highest BCUT2D eigenvalue weighted by atomic mass is 32.1. The first kappa shape index (κ1) is 14.8. The summed E-state index contributed by atoms with van der Waals surface area (Å²) in [4.78, 5) is 14.6. The van der Waals surface area contributed by atoms with Crippen molar-refractivity contribution in [3.05, 3.63) is 45.9 Å². The number of aryl methyl sites for hydroxylation is 2. The summed E-state index contributed by atoms with van der Waals surface area (Å²) in [7, 11) is 0. The number of nitrogens with zero attached hydrogens (tertiary/aromatic N) is 3. The zero-order valence-electron chi connectivity index (χ0n) is 13.2. The predicted molar refractivity (Wildman–Crippen MR) is 90.5 cm³/mol. The summed E-state index contributed by atoms with van der Waals surface area (Å²) < 4.78 is 0. The second-order valence-corrected chi connectivity index (χ2v) is 7.61. The van der Waals surface area contributed by atoms with Crippen LogP contribution in [0.25, 0.3) is 0 Å². The Labute approximate surface area is 140 Å². The van der Waals surface area contributed by atoms with E-state index in [4.69, 9.17) is 0 Å². The van der Waals surface area contributed by atoms with Crippen molar-refractivity contribution in [2.45, 2.75) is 43.9 Å². The molecule has 23 heavy (non-hydrogen) atoms. The third-order valence-corrected chi connectivity index (χ3v) is 6.11.